The summed E-state index contributed by atoms with van der Waals surface area (Å²) in [7, 11) is -3.24. The lowest BCUT2D eigenvalue weighted by Crippen LogP contribution is -2.55. The third-order valence-electron chi connectivity index (χ3n) is 6.27. The zero-order chi connectivity index (χ0) is 17.5. The van der Waals surface area contributed by atoms with Crippen molar-refractivity contribution in [3.63, 3.8) is 0 Å². The summed E-state index contributed by atoms with van der Waals surface area (Å²) in [5, 5.41) is 0. The molecule has 0 aromatic heterocycles. The van der Waals surface area contributed by atoms with Crippen molar-refractivity contribution in [1.82, 2.24) is 0 Å². The van der Waals surface area contributed by atoms with Crippen molar-refractivity contribution in [3.05, 3.63) is 0 Å². The van der Waals surface area contributed by atoms with Gasteiger partial charge in [-0.25, -0.2) is 0 Å². The largest absolute Gasteiger partial charge is 0.411 e. The van der Waals surface area contributed by atoms with E-state index in [9.17, 15) is 0 Å². The Morgan fingerprint density at radius 3 is 1.65 bits per heavy atom. The summed E-state index contributed by atoms with van der Waals surface area (Å²) < 4.78 is 19.6. The fourth-order valence-electron chi connectivity index (χ4n) is 3.84. The lowest BCUT2D eigenvalue weighted by Gasteiger charge is -2.45. The Bertz CT molecular complexity index is 314. The molecule has 138 valence electrons. The highest BCUT2D eigenvalue weighted by atomic mass is 28.4. The molecule has 0 bridgehead atoms. The maximum absolute atomic E-state index is 6.85. The Hall–Kier alpha value is 0.314. The average Bonchev–Trinajstić information content (AvgIpc) is 2.60. The van der Waals surface area contributed by atoms with Gasteiger partial charge in [0.05, 0.1) is 18.3 Å². The Labute approximate surface area is 146 Å². The first-order valence-electron chi connectivity index (χ1n) is 9.92. The summed E-state index contributed by atoms with van der Waals surface area (Å²) in [6, 6.07) is 7.18. The van der Waals surface area contributed by atoms with Crippen molar-refractivity contribution in [2.45, 2.75) is 109 Å². The molecule has 0 aliphatic carbocycles. The van der Waals surface area contributed by atoms with Crippen molar-refractivity contribution in [3.8, 4) is 0 Å². The van der Waals surface area contributed by atoms with E-state index < -0.39 is 16.6 Å². The molecule has 23 heavy (non-hydrogen) atoms. The molecule has 3 atom stereocenters. The van der Waals surface area contributed by atoms with Crippen LogP contribution in [0, 0.1) is 0 Å². The molecule has 0 aromatic carbocycles. The van der Waals surface area contributed by atoms with E-state index in [1.165, 1.54) is 36.3 Å². The Balaban J connectivity index is 2.94. The molecule has 0 spiro atoms. The minimum absolute atomic E-state index is 0.131. The molecule has 1 aliphatic rings. The predicted molar refractivity (Wildman–Crippen MR) is 104 cm³/mol. The maximum Gasteiger partial charge on any atom is 0.192 e. The predicted octanol–water partition coefficient (Wildman–Crippen LogP) is 5.58. The van der Waals surface area contributed by atoms with Crippen LogP contribution in [0.15, 0.2) is 0 Å². The first-order valence-corrected chi connectivity index (χ1v) is 15.0. The van der Waals surface area contributed by atoms with Crippen LogP contribution in [0.2, 0.25) is 36.3 Å². The third-order valence-corrected chi connectivity index (χ3v) is 15.6. The van der Waals surface area contributed by atoms with Crippen LogP contribution < -0.4 is 0 Å². The van der Waals surface area contributed by atoms with Crippen molar-refractivity contribution >= 4 is 16.6 Å². The fourth-order valence-corrected chi connectivity index (χ4v) is 9.65. The summed E-state index contributed by atoms with van der Waals surface area (Å²) >= 11 is 0. The molecule has 0 N–H and O–H groups in total. The standard InChI is InChI=1S/C18H40O3Si2/c1-8-22(9-2,10-3)20-17-14-15-19-16(7)18(17)21-23(11-4,12-5)13-6/h16-18H,8-15H2,1-7H3/t16-,17-,18-/m0/s1. The third kappa shape index (κ3) is 5.14. The van der Waals surface area contributed by atoms with Gasteiger partial charge in [0.25, 0.3) is 0 Å². The van der Waals surface area contributed by atoms with Crippen molar-refractivity contribution in [1.29, 1.82) is 0 Å². The summed E-state index contributed by atoms with van der Waals surface area (Å²) in [5.41, 5.74) is 0. The highest BCUT2D eigenvalue weighted by molar-refractivity contribution is 6.74. The molecule has 3 nitrogen and oxygen atoms in total. The molecule has 1 rings (SSSR count). The monoisotopic (exact) mass is 360 g/mol. The van der Waals surface area contributed by atoms with E-state index in [-0.39, 0.29) is 18.3 Å². The lowest BCUT2D eigenvalue weighted by atomic mass is 10.0. The van der Waals surface area contributed by atoms with Crippen molar-refractivity contribution in [2.24, 2.45) is 0 Å². The minimum atomic E-state index is -1.64. The van der Waals surface area contributed by atoms with Gasteiger partial charge in [-0.15, -0.1) is 0 Å². The van der Waals surface area contributed by atoms with E-state index in [4.69, 9.17) is 13.6 Å². The highest BCUT2D eigenvalue weighted by Crippen LogP contribution is 2.33. The van der Waals surface area contributed by atoms with Gasteiger partial charge in [-0.2, -0.15) is 0 Å². The number of hydrogen-bond acceptors (Lipinski definition) is 3. The molecule has 0 unspecified atom stereocenters. The zero-order valence-electron chi connectivity index (χ0n) is 16.6. The van der Waals surface area contributed by atoms with Gasteiger partial charge in [-0.1, -0.05) is 41.5 Å². The minimum Gasteiger partial charge on any atom is -0.411 e. The summed E-state index contributed by atoms with van der Waals surface area (Å²) in [6.45, 7) is 16.8. The first-order chi connectivity index (χ1) is 10.9. The van der Waals surface area contributed by atoms with E-state index in [1.807, 2.05) is 0 Å². The molecule has 5 heteroatoms. The highest BCUT2D eigenvalue weighted by Gasteiger charge is 2.43. The smallest absolute Gasteiger partial charge is 0.192 e. The van der Waals surface area contributed by atoms with Crippen LogP contribution in [0.25, 0.3) is 0 Å². The van der Waals surface area contributed by atoms with Gasteiger partial charge in [-0.05, 0) is 49.6 Å². The van der Waals surface area contributed by atoms with Crippen LogP contribution in [0.1, 0.15) is 54.9 Å². The fraction of sp³-hybridized carbons (Fsp3) is 1.00. The van der Waals surface area contributed by atoms with Gasteiger partial charge >= 0.3 is 0 Å². The maximum atomic E-state index is 6.85. The Morgan fingerprint density at radius 1 is 0.783 bits per heavy atom. The molecule has 1 fully saturated rings. The molecule has 0 saturated carbocycles. The number of rotatable bonds is 10. The van der Waals surface area contributed by atoms with Gasteiger partial charge in [0.15, 0.2) is 16.6 Å². The van der Waals surface area contributed by atoms with Gasteiger partial charge < -0.3 is 13.6 Å². The quantitative estimate of drug-likeness (QED) is 0.476. The Kier molecular flexibility index (Phi) is 9.01. The second-order valence-electron chi connectivity index (χ2n) is 7.09. The second kappa shape index (κ2) is 9.71. The average molecular weight is 361 g/mol. The number of hydrogen-bond donors (Lipinski definition) is 0. The molecular weight excluding hydrogens is 320 g/mol. The van der Waals surface area contributed by atoms with Crippen LogP contribution in [-0.2, 0) is 13.6 Å². The molecule has 1 aliphatic heterocycles. The van der Waals surface area contributed by atoms with E-state index in [1.54, 1.807) is 0 Å². The van der Waals surface area contributed by atoms with Crippen LogP contribution in [-0.4, -0.2) is 41.6 Å². The first kappa shape index (κ1) is 21.4. The second-order valence-corrected chi connectivity index (χ2v) is 16.5. The normalized spacial score (nSPS) is 26.5. The summed E-state index contributed by atoms with van der Waals surface area (Å²) in [6.07, 6.45) is 1.52. The zero-order valence-corrected chi connectivity index (χ0v) is 18.6. The van der Waals surface area contributed by atoms with E-state index >= 15 is 0 Å². The summed E-state index contributed by atoms with van der Waals surface area (Å²) in [4.78, 5) is 0. The molecule has 0 radical (unpaired) electrons. The van der Waals surface area contributed by atoms with Crippen molar-refractivity contribution < 1.29 is 13.6 Å². The van der Waals surface area contributed by atoms with Gasteiger partial charge in [0.1, 0.15) is 0 Å². The molecule has 1 saturated heterocycles. The molecule has 0 aromatic rings. The van der Waals surface area contributed by atoms with Crippen LogP contribution in [0.4, 0.5) is 0 Å². The van der Waals surface area contributed by atoms with Crippen molar-refractivity contribution in [2.75, 3.05) is 6.61 Å². The van der Waals surface area contributed by atoms with E-state index in [0.29, 0.717) is 0 Å². The van der Waals surface area contributed by atoms with E-state index in [2.05, 4.69) is 48.5 Å². The van der Waals surface area contributed by atoms with E-state index in [0.717, 1.165) is 13.0 Å². The van der Waals surface area contributed by atoms with Gasteiger partial charge in [0, 0.05) is 6.61 Å². The van der Waals surface area contributed by atoms with Gasteiger partial charge in [0.2, 0.25) is 0 Å². The molecular formula is C18H40O3Si2. The topological polar surface area (TPSA) is 27.7 Å². The Morgan fingerprint density at radius 2 is 1.22 bits per heavy atom. The molecule has 0 amide bonds. The molecule has 1 heterocycles. The van der Waals surface area contributed by atoms with Crippen LogP contribution in [0.3, 0.4) is 0 Å². The van der Waals surface area contributed by atoms with Gasteiger partial charge in [-0.3, -0.25) is 0 Å². The SMILES string of the molecule is CC[Si](CC)(CC)O[C@H]1[C@H](C)OCC[C@@H]1O[Si](CC)(CC)CC. The number of ether oxygens (including phenoxy) is 1. The van der Waals surface area contributed by atoms with Crippen LogP contribution >= 0.6 is 0 Å². The summed E-state index contributed by atoms with van der Waals surface area (Å²) in [5.74, 6) is 0. The lowest BCUT2D eigenvalue weighted by molar-refractivity contribution is -0.115. The van der Waals surface area contributed by atoms with Crippen LogP contribution in [0.5, 0.6) is 0 Å².